The van der Waals surface area contributed by atoms with Gasteiger partial charge in [-0.3, -0.25) is 0 Å². The Kier molecular flexibility index (Phi) is 3.53. The third-order valence-corrected chi connectivity index (χ3v) is 3.23. The van der Waals surface area contributed by atoms with Crippen LogP contribution in [0.5, 0.6) is 0 Å². The Morgan fingerprint density at radius 1 is 1.29 bits per heavy atom. The summed E-state index contributed by atoms with van der Waals surface area (Å²) >= 11 is 6.19. The summed E-state index contributed by atoms with van der Waals surface area (Å²) in [5.41, 5.74) is 3.57. The highest BCUT2D eigenvalue weighted by molar-refractivity contribution is 6.29. The molecular formula is C14H17ClN2. The molecule has 0 fully saturated rings. The van der Waals surface area contributed by atoms with Crippen molar-refractivity contribution in [1.82, 2.24) is 9.78 Å². The number of aryl methyl sites for hydroxylation is 1. The molecule has 3 heteroatoms. The van der Waals surface area contributed by atoms with Crippen molar-refractivity contribution in [3.8, 4) is 0 Å². The third kappa shape index (κ3) is 2.70. The van der Waals surface area contributed by atoms with Crippen LogP contribution in [0.3, 0.4) is 0 Å². The van der Waals surface area contributed by atoms with Gasteiger partial charge >= 0.3 is 0 Å². The lowest BCUT2D eigenvalue weighted by Crippen LogP contribution is -2.04. The largest absolute Gasteiger partial charge is 0.249 e. The lowest BCUT2D eigenvalue weighted by Gasteiger charge is -2.06. The highest BCUT2D eigenvalue weighted by atomic mass is 35.5. The predicted octanol–water partition coefficient (Wildman–Crippen LogP) is 4.02. The summed E-state index contributed by atoms with van der Waals surface area (Å²) in [6.07, 6.45) is 0. The molecule has 0 saturated carbocycles. The molecule has 0 radical (unpaired) electrons. The van der Waals surface area contributed by atoms with E-state index in [4.69, 9.17) is 11.6 Å². The first-order chi connectivity index (χ1) is 8.08. The maximum absolute atomic E-state index is 6.19. The Morgan fingerprint density at radius 3 is 2.59 bits per heavy atom. The summed E-state index contributed by atoms with van der Waals surface area (Å²) in [5.74, 6) is 0.408. The van der Waals surface area contributed by atoms with E-state index in [1.165, 1.54) is 11.1 Å². The zero-order valence-corrected chi connectivity index (χ0v) is 11.2. The molecule has 0 bridgehead atoms. The average molecular weight is 249 g/mol. The van der Waals surface area contributed by atoms with Gasteiger partial charge in [-0.05, 0) is 30.0 Å². The van der Waals surface area contributed by atoms with Crippen molar-refractivity contribution >= 4 is 11.6 Å². The van der Waals surface area contributed by atoms with E-state index in [9.17, 15) is 0 Å². The number of nitrogens with zero attached hydrogens (tertiary/aromatic N) is 2. The van der Waals surface area contributed by atoms with Crippen LogP contribution in [0, 0.1) is 6.92 Å². The molecule has 90 valence electrons. The minimum atomic E-state index is 0.408. The molecule has 0 amide bonds. The van der Waals surface area contributed by atoms with E-state index in [0.717, 1.165) is 12.2 Å². The fourth-order valence-electron chi connectivity index (χ4n) is 1.75. The van der Waals surface area contributed by atoms with Crippen LogP contribution in [0.25, 0.3) is 0 Å². The molecule has 17 heavy (non-hydrogen) atoms. The highest BCUT2D eigenvalue weighted by Crippen LogP contribution is 2.20. The van der Waals surface area contributed by atoms with Crippen LogP contribution in [-0.2, 0) is 6.54 Å². The molecule has 0 spiro atoms. The topological polar surface area (TPSA) is 17.8 Å². The second kappa shape index (κ2) is 4.92. The quantitative estimate of drug-likeness (QED) is 0.802. The number of hydrogen-bond acceptors (Lipinski definition) is 1. The van der Waals surface area contributed by atoms with Crippen molar-refractivity contribution in [3.05, 3.63) is 52.3 Å². The SMILES string of the molecule is Cc1ccccc1Cn1nc(C(C)C)cc1Cl. The zero-order chi connectivity index (χ0) is 12.4. The lowest BCUT2D eigenvalue weighted by molar-refractivity contribution is 0.656. The molecule has 2 rings (SSSR count). The van der Waals surface area contributed by atoms with E-state index in [2.05, 4.69) is 38.0 Å². The summed E-state index contributed by atoms with van der Waals surface area (Å²) in [6.45, 7) is 7.09. The Labute approximate surface area is 107 Å². The smallest absolute Gasteiger partial charge is 0.127 e. The van der Waals surface area contributed by atoms with E-state index >= 15 is 0 Å². The second-order valence-electron chi connectivity index (χ2n) is 4.63. The van der Waals surface area contributed by atoms with E-state index in [1.807, 2.05) is 22.9 Å². The van der Waals surface area contributed by atoms with Crippen molar-refractivity contribution < 1.29 is 0 Å². The first kappa shape index (κ1) is 12.2. The van der Waals surface area contributed by atoms with Crippen molar-refractivity contribution in [2.75, 3.05) is 0 Å². The van der Waals surface area contributed by atoms with Crippen LogP contribution in [0.2, 0.25) is 5.15 Å². The van der Waals surface area contributed by atoms with Crippen LogP contribution < -0.4 is 0 Å². The molecule has 0 N–H and O–H groups in total. The standard InChI is InChI=1S/C14H17ClN2/c1-10(2)13-8-14(15)17(16-13)9-12-7-5-4-6-11(12)3/h4-8,10H,9H2,1-3H3. The zero-order valence-electron chi connectivity index (χ0n) is 10.4. The fraction of sp³-hybridized carbons (Fsp3) is 0.357. The van der Waals surface area contributed by atoms with E-state index < -0.39 is 0 Å². The Balaban J connectivity index is 2.27. The van der Waals surface area contributed by atoms with Crippen LogP contribution >= 0.6 is 11.6 Å². The molecule has 0 unspecified atom stereocenters. The Hall–Kier alpha value is -1.28. The monoisotopic (exact) mass is 248 g/mol. The minimum absolute atomic E-state index is 0.408. The molecule has 1 heterocycles. The lowest BCUT2D eigenvalue weighted by atomic mass is 10.1. The summed E-state index contributed by atoms with van der Waals surface area (Å²) < 4.78 is 1.86. The van der Waals surface area contributed by atoms with Crippen LogP contribution in [0.1, 0.15) is 36.6 Å². The highest BCUT2D eigenvalue weighted by Gasteiger charge is 2.09. The summed E-state index contributed by atoms with van der Waals surface area (Å²) in [6, 6.07) is 10.3. The number of halogens is 1. The molecule has 0 aliphatic rings. The van der Waals surface area contributed by atoms with Gasteiger partial charge in [0.1, 0.15) is 5.15 Å². The predicted molar refractivity (Wildman–Crippen MR) is 71.6 cm³/mol. The van der Waals surface area contributed by atoms with Crippen molar-refractivity contribution in [3.63, 3.8) is 0 Å². The van der Waals surface area contributed by atoms with Gasteiger partial charge < -0.3 is 0 Å². The first-order valence-corrected chi connectivity index (χ1v) is 6.23. The van der Waals surface area contributed by atoms with Gasteiger partial charge in [0, 0.05) is 0 Å². The number of rotatable bonds is 3. The molecule has 0 aliphatic carbocycles. The molecular weight excluding hydrogens is 232 g/mol. The first-order valence-electron chi connectivity index (χ1n) is 5.85. The van der Waals surface area contributed by atoms with Crippen molar-refractivity contribution in [1.29, 1.82) is 0 Å². The Morgan fingerprint density at radius 2 is 2.00 bits per heavy atom. The molecule has 1 aromatic heterocycles. The fourth-order valence-corrected chi connectivity index (χ4v) is 1.96. The van der Waals surface area contributed by atoms with Gasteiger partial charge in [0.25, 0.3) is 0 Å². The van der Waals surface area contributed by atoms with E-state index in [1.54, 1.807) is 0 Å². The third-order valence-electron chi connectivity index (χ3n) is 2.92. The number of aromatic nitrogens is 2. The molecule has 0 atom stereocenters. The summed E-state index contributed by atoms with van der Waals surface area (Å²) in [5, 5.41) is 5.24. The molecule has 1 aromatic carbocycles. The van der Waals surface area contributed by atoms with Gasteiger partial charge in [0.15, 0.2) is 0 Å². The Bertz CT molecular complexity index is 515. The molecule has 0 saturated heterocycles. The minimum Gasteiger partial charge on any atom is -0.249 e. The van der Waals surface area contributed by atoms with Gasteiger partial charge in [-0.25, -0.2) is 4.68 Å². The second-order valence-corrected chi connectivity index (χ2v) is 5.02. The maximum atomic E-state index is 6.19. The average Bonchev–Trinajstić information content (AvgIpc) is 2.64. The normalized spacial score (nSPS) is 11.1. The molecule has 2 nitrogen and oxygen atoms in total. The van der Waals surface area contributed by atoms with Gasteiger partial charge in [0.2, 0.25) is 0 Å². The number of hydrogen-bond donors (Lipinski definition) is 0. The van der Waals surface area contributed by atoms with Crippen LogP contribution in [0.4, 0.5) is 0 Å². The van der Waals surface area contributed by atoms with Gasteiger partial charge in [-0.15, -0.1) is 0 Å². The van der Waals surface area contributed by atoms with Crippen LogP contribution in [-0.4, -0.2) is 9.78 Å². The van der Waals surface area contributed by atoms with Gasteiger partial charge in [0.05, 0.1) is 12.2 Å². The summed E-state index contributed by atoms with van der Waals surface area (Å²) in [7, 11) is 0. The molecule has 0 aliphatic heterocycles. The molecule has 2 aromatic rings. The number of benzene rings is 1. The van der Waals surface area contributed by atoms with Gasteiger partial charge in [-0.1, -0.05) is 49.7 Å². The maximum Gasteiger partial charge on any atom is 0.127 e. The van der Waals surface area contributed by atoms with Gasteiger partial charge in [-0.2, -0.15) is 5.10 Å². The van der Waals surface area contributed by atoms with E-state index in [0.29, 0.717) is 11.1 Å². The van der Waals surface area contributed by atoms with Crippen molar-refractivity contribution in [2.45, 2.75) is 33.2 Å². The summed E-state index contributed by atoms with van der Waals surface area (Å²) in [4.78, 5) is 0. The van der Waals surface area contributed by atoms with E-state index in [-0.39, 0.29) is 0 Å². The van der Waals surface area contributed by atoms with Crippen molar-refractivity contribution in [2.24, 2.45) is 0 Å². The van der Waals surface area contributed by atoms with Crippen LogP contribution in [0.15, 0.2) is 30.3 Å².